The van der Waals surface area contributed by atoms with Crippen LogP contribution in [0.3, 0.4) is 0 Å². The molecule has 1 aromatic rings. The highest BCUT2D eigenvalue weighted by atomic mass is 16.5. The van der Waals surface area contributed by atoms with Gasteiger partial charge in [-0.05, 0) is 42.5 Å². The van der Waals surface area contributed by atoms with Crippen molar-refractivity contribution in [2.24, 2.45) is 5.41 Å². The molecule has 0 aromatic heterocycles. The summed E-state index contributed by atoms with van der Waals surface area (Å²) in [6, 6.07) is 7.65. The Morgan fingerprint density at radius 1 is 1.05 bits per heavy atom. The van der Waals surface area contributed by atoms with Crippen LogP contribution in [0, 0.1) is 5.41 Å². The van der Waals surface area contributed by atoms with Crippen molar-refractivity contribution in [3.63, 3.8) is 0 Å². The summed E-state index contributed by atoms with van der Waals surface area (Å²) in [4.78, 5) is 2.53. The molecule has 1 heterocycles. The molecule has 1 saturated carbocycles. The molecule has 1 saturated heterocycles. The molecule has 1 aliphatic heterocycles. The predicted octanol–water partition coefficient (Wildman–Crippen LogP) is 2.91. The van der Waals surface area contributed by atoms with Crippen LogP contribution in [0.1, 0.15) is 32.1 Å². The van der Waals surface area contributed by atoms with Crippen LogP contribution in [0.25, 0.3) is 0 Å². The Morgan fingerprint density at radius 3 is 2.42 bits per heavy atom. The highest BCUT2D eigenvalue weighted by molar-refractivity contribution is 5.41. The van der Waals surface area contributed by atoms with Crippen LogP contribution in [-0.2, 0) is 0 Å². The topological polar surface area (TPSA) is 38.5 Å². The molecule has 3 rings (SSSR count). The number of likely N-dealkylation sites (tertiary alicyclic amines) is 1. The lowest BCUT2D eigenvalue weighted by molar-refractivity contribution is -0.0332. The third-order valence-corrected chi connectivity index (χ3v) is 4.59. The van der Waals surface area contributed by atoms with Crippen LogP contribution in [0.4, 0.5) is 5.69 Å². The second-order valence-corrected chi connectivity index (χ2v) is 6.19. The van der Waals surface area contributed by atoms with Crippen molar-refractivity contribution in [3.8, 4) is 5.75 Å². The van der Waals surface area contributed by atoms with Gasteiger partial charge in [0.1, 0.15) is 12.4 Å². The minimum Gasteiger partial charge on any atom is -0.492 e. The fourth-order valence-corrected chi connectivity index (χ4v) is 3.54. The Kier molecular flexibility index (Phi) is 3.65. The molecule has 0 unspecified atom stereocenters. The zero-order valence-electron chi connectivity index (χ0n) is 11.6. The Morgan fingerprint density at radius 2 is 1.74 bits per heavy atom. The first-order valence-corrected chi connectivity index (χ1v) is 7.47. The van der Waals surface area contributed by atoms with Crippen LogP contribution in [0.15, 0.2) is 24.3 Å². The molecular formula is C16H24N2O. The predicted molar refractivity (Wildman–Crippen MR) is 78.3 cm³/mol. The van der Waals surface area contributed by atoms with Crippen molar-refractivity contribution in [2.75, 3.05) is 32.0 Å². The van der Waals surface area contributed by atoms with Gasteiger partial charge in [0.05, 0.1) is 0 Å². The lowest BCUT2D eigenvalue weighted by Gasteiger charge is -2.52. The molecule has 3 nitrogen and oxygen atoms in total. The molecule has 1 aliphatic carbocycles. The van der Waals surface area contributed by atoms with Crippen molar-refractivity contribution < 1.29 is 4.74 Å². The first-order chi connectivity index (χ1) is 9.26. The molecule has 104 valence electrons. The maximum absolute atomic E-state index is 5.75. The van der Waals surface area contributed by atoms with Gasteiger partial charge in [-0.15, -0.1) is 0 Å². The summed E-state index contributed by atoms with van der Waals surface area (Å²) in [7, 11) is 0. The summed E-state index contributed by atoms with van der Waals surface area (Å²) in [5, 5.41) is 0. The number of anilines is 1. The highest BCUT2D eigenvalue weighted by Gasteiger charge is 2.42. The smallest absolute Gasteiger partial charge is 0.119 e. The number of hydrogen-bond donors (Lipinski definition) is 1. The molecule has 0 bridgehead atoms. The second kappa shape index (κ2) is 5.41. The summed E-state index contributed by atoms with van der Waals surface area (Å²) >= 11 is 0. The zero-order valence-corrected chi connectivity index (χ0v) is 11.6. The van der Waals surface area contributed by atoms with Crippen LogP contribution in [0.2, 0.25) is 0 Å². The average Bonchev–Trinajstić information content (AvgIpc) is 2.40. The van der Waals surface area contributed by atoms with Crippen molar-refractivity contribution >= 4 is 5.69 Å². The SMILES string of the molecule is Nc1ccc(OCCN2CC3(CCCCC3)C2)cc1. The van der Waals surface area contributed by atoms with Gasteiger partial charge in [-0.25, -0.2) is 0 Å². The number of rotatable bonds is 4. The molecular weight excluding hydrogens is 236 g/mol. The normalized spacial score (nSPS) is 22.1. The van der Waals surface area contributed by atoms with Gasteiger partial charge in [0, 0.05) is 25.3 Å². The molecule has 19 heavy (non-hydrogen) atoms. The van der Waals surface area contributed by atoms with Crippen LogP contribution in [0.5, 0.6) is 5.75 Å². The molecule has 0 amide bonds. The Balaban J connectivity index is 1.37. The van der Waals surface area contributed by atoms with Gasteiger partial charge in [-0.2, -0.15) is 0 Å². The van der Waals surface area contributed by atoms with E-state index >= 15 is 0 Å². The van der Waals surface area contributed by atoms with Gasteiger partial charge >= 0.3 is 0 Å². The van der Waals surface area contributed by atoms with E-state index in [1.165, 1.54) is 45.2 Å². The molecule has 3 heteroatoms. The van der Waals surface area contributed by atoms with Crippen molar-refractivity contribution in [2.45, 2.75) is 32.1 Å². The monoisotopic (exact) mass is 260 g/mol. The Bertz CT molecular complexity index is 401. The van der Waals surface area contributed by atoms with Crippen LogP contribution < -0.4 is 10.5 Å². The summed E-state index contributed by atoms with van der Waals surface area (Å²) in [6.07, 6.45) is 7.22. The quantitative estimate of drug-likeness (QED) is 0.846. The molecule has 0 atom stereocenters. The van der Waals surface area contributed by atoms with E-state index in [-0.39, 0.29) is 0 Å². The third kappa shape index (κ3) is 3.03. The molecule has 2 N–H and O–H groups in total. The van der Waals surface area contributed by atoms with E-state index in [1.807, 2.05) is 24.3 Å². The first kappa shape index (κ1) is 12.8. The fourth-order valence-electron chi connectivity index (χ4n) is 3.54. The average molecular weight is 260 g/mol. The third-order valence-electron chi connectivity index (χ3n) is 4.59. The highest BCUT2D eigenvalue weighted by Crippen LogP contribution is 2.43. The number of ether oxygens (including phenoxy) is 1. The molecule has 0 radical (unpaired) electrons. The van der Waals surface area contributed by atoms with E-state index in [2.05, 4.69) is 4.90 Å². The second-order valence-electron chi connectivity index (χ2n) is 6.19. The minimum atomic E-state index is 0.680. The fraction of sp³-hybridized carbons (Fsp3) is 0.625. The summed E-state index contributed by atoms with van der Waals surface area (Å²) in [5.41, 5.74) is 7.12. The van der Waals surface area contributed by atoms with Crippen LogP contribution >= 0.6 is 0 Å². The van der Waals surface area contributed by atoms with E-state index < -0.39 is 0 Å². The standard InChI is InChI=1S/C16H24N2O/c17-14-4-6-15(7-5-14)19-11-10-18-12-16(13-18)8-2-1-3-9-16/h4-7H,1-3,8-13,17H2. The number of nitrogens with zero attached hydrogens (tertiary/aromatic N) is 1. The van der Waals surface area contributed by atoms with Crippen molar-refractivity contribution in [1.29, 1.82) is 0 Å². The lowest BCUT2D eigenvalue weighted by Crippen LogP contribution is -2.57. The molecule has 2 aliphatic rings. The number of hydrogen-bond acceptors (Lipinski definition) is 3. The minimum absolute atomic E-state index is 0.680. The summed E-state index contributed by atoms with van der Waals surface area (Å²) in [6.45, 7) is 4.41. The van der Waals surface area contributed by atoms with Gasteiger partial charge in [0.25, 0.3) is 0 Å². The van der Waals surface area contributed by atoms with E-state index in [4.69, 9.17) is 10.5 Å². The van der Waals surface area contributed by atoms with Gasteiger partial charge in [-0.1, -0.05) is 19.3 Å². The Labute approximate surface area is 115 Å². The molecule has 1 spiro atoms. The molecule has 1 aromatic carbocycles. The van der Waals surface area contributed by atoms with Gasteiger partial charge in [0.2, 0.25) is 0 Å². The number of nitrogens with two attached hydrogens (primary N) is 1. The summed E-state index contributed by atoms with van der Waals surface area (Å²) < 4.78 is 5.75. The number of nitrogen functional groups attached to an aromatic ring is 1. The first-order valence-electron chi connectivity index (χ1n) is 7.47. The molecule has 2 fully saturated rings. The zero-order chi connectivity index (χ0) is 13.1. The van der Waals surface area contributed by atoms with Crippen molar-refractivity contribution in [1.82, 2.24) is 4.90 Å². The lowest BCUT2D eigenvalue weighted by atomic mass is 9.69. The van der Waals surface area contributed by atoms with Gasteiger partial charge in [0.15, 0.2) is 0 Å². The van der Waals surface area contributed by atoms with Gasteiger partial charge in [-0.3, -0.25) is 4.90 Å². The van der Waals surface area contributed by atoms with Crippen LogP contribution in [-0.4, -0.2) is 31.1 Å². The van der Waals surface area contributed by atoms with Gasteiger partial charge < -0.3 is 10.5 Å². The Hall–Kier alpha value is -1.22. The maximum Gasteiger partial charge on any atom is 0.119 e. The van der Waals surface area contributed by atoms with E-state index in [0.29, 0.717) is 5.41 Å². The maximum atomic E-state index is 5.75. The van der Waals surface area contributed by atoms with Crippen molar-refractivity contribution in [3.05, 3.63) is 24.3 Å². The largest absolute Gasteiger partial charge is 0.492 e. The van der Waals surface area contributed by atoms with E-state index in [9.17, 15) is 0 Å². The number of benzene rings is 1. The van der Waals surface area contributed by atoms with E-state index in [1.54, 1.807) is 0 Å². The van der Waals surface area contributed by atoms with E-state index in [0.717, 1.165) is 24.6 Å². The summed E-state index contributed by atoms with van der Waals surface area (Å²) in [5.74, 6) is 0.919.